The molecule has 8 heteroatoms. The average Bonchev–Trinajstić information content (AvgIpc) is 3.35. The summed E-state index contributed by atoms with van der Waals surface area (Å²) >= 11 is 5.89. The lowest BCUT2D eigenvalue weighted by atomic mass is 9.92. The van der Waals surface area contributed by atoms with E-state index in [4.69, 9.17) is 16.3 Å². The first-order valence-electron chi connectivity index (χ1n) is 12.5. The molecule has 34 heavy (non-hydrogen) atoms. The normalized spacial score (nSPS) is 18.8. The zero-order valence-corrected chi connectivity index (χ0v) is 21.0. The van der Waals surface area contributed by atoms with Gasteiger partial charge in [-0.1, -0.05) is 11.6 Å². The van der Waals surface area contributed by atoms with Crippen molar-refractivity contribution in [2.45, 2.75) is 58.4 Å². The number of rotatable bonds is 9. The summed E-state index contributed by atoms with van der Waals surface area (Å²) in [6, 6.07) is 4.37. The molecule has 2 aliphatic rings. The van der Waals surface area contributed by atoms with Gasteiger partial charge >= 0.3 is 0 Å². The molecule has 0 spiro atoms. The molecular weight excluding hydrogens is 450 g/mol. The van der Waals surface area contributed by atoms with E-state index in [0.29, 0.717) is 30.1 Å². The maximum Gasteiger partial charge on any atom is 0.251 e. The van der Waals surface area contributed by atoms with Crippen LogP contribution in [0.2, 0.25) is 5.02 Å². The van der Waals surface area contributed by atoms with Crippen LogP contribution in [0.4, 0.5) is 5.95 Å². The van der Waals surface area contributed by atoms with Crippen LogP contribution in [-0.4, -0.2) is 54.7 Å². The quantitative estimate of drug-likeness (QED) is 0.515. The Hall–Kier alpha value is -2.38. The number of amides is 1. The number of anilines is 1. The third-order valence-electron chi connectivity index (χ3n) is 6.93. The molecule has 0 aliphatic carbocycles. The van der Waals surface area contributed by atoms with Gasteiger partial charge in [0.15, 0.2) is 0 Å². The minimum absolute atomic E-state index is 0.00518. The van der Waals surface area contributed by atoms with Gasteiger partial charge < -0.3 is 20.3 Å². The zero-order valence-electron chi connectivity index (χ0n) is 20.3. The van der Waals surface area contributed by atoms with Gasteiger partial charge in [0.25, 0.3) is 5.91 Å². The van der Waals surface area contributed by atoms with E-state index in [1.54, 1.807) is 12.4 Å². The van der Waals surface area contributed by atoms with Crippen molar-refractivity contribution in [2.24, 2.45) is 5.92 Å². The number of hydrogen-bond acceptors (Lipinski definition) is 6. The Labute approximate surface area is 207 Å². The minimum Gasteiger partial charge on any atom is -0.494 e. The highest BCUT2D eigenvalue weighted by Gasteiger charge is 2.21. The zero-order chi connectivity index (χ0) is 23.9. The minimum atomic E-state index is 0.00518. The van der Waals surface area contributed by atoms with Gasteiger partial charge in [-0.3, -0.25) is 4.79 Å². The smallest absolute Gasteiger partial charge is 0.251 e. The predicted octanol–water partition coefficient (Wildman–Crippen LogP) is 4.30. The lowest BCUT2D eigenvalue weighted by molar-refractivity contribution is 0.0949. The fraction of sp³-hybridized carbons (Fsp3) is 0.577. The van der Waals surface area contributed by atoms with Crippen LogP contribution in [-0.2, 0) is 0 Å². The summed E-state index contributed by atoms with van der Waals surface area (Å²) in [6.45, 7) is 8.35. The van der Waals surface area contributed by atoms with Gasteiger partial charge in [0.2, 0.25) is 5.95 Å². The molecule has 7 nitrogen and oxygen atoms in total. The molecule has 2 N–H and O–H groups in total. The Balaban J connectivity index is 1.18. The van der Waals surface area contributed by atoms with Crippen molar-refractivity contribution in [3.05, 3.63) is 46.2 Å². The second-order valence-electron chi connectivity index (χ2n) is 9.56. The number of carbonyl (C=O) groups excluding carboxylic acids is 1. The number of nitrogens with zero attached hydrogens (tertiary/aromatic N) is 3. The van der Waals surface area contributed by atoms with E-state index in [1.807, 2.05) is 26.0 Å². The third-order valence-corrected chi connectivity index (χ3v) is 7.13. The van der Waals surface area contributed by atoms with Crippen molar-refractivity contribution in [2.75, 3.05) is 37.7 Å². The standard InChI is InChI=1S/C26H36ClN5O2/c1-18-13-23(14-19(2)24(18)25(33)29-17-22-6-3-9-28-22)34-12-4-5-20-7-10-32(11-8-20)26-30-15-21(27)16-31-26/h13-16,20,22,28H,3-12,17H2,1-2H3,(H,29,33)/t22-/m1/s1. The van der Waals surface area contributed by atoms with E-state index in [0.717, 1.165) is 80.1 Å². The van der Waals surface area contributed by atoms with Gasteiger partial charge in [-0.2, -0.15) is 0 Å². The number of hydrogen-bond donors (Lipinski definition) is 2. The molecule has 0 radical (unpaired) electrons. The summed E-state index contributed by atoms with van der Waals surface area (Å²) in [5.74, 6) is 2.32. The van der Waals surface area contributed by atoms with Gasteiger partial charge in [0.05, 0.1) is 24.0 Å². The van der Waals surface area contributed by atoms with Crippen LogP contribution >= 0.6 is 11.6 Å². The number of aromatic nitrogens is 2. The molecular formula is C26H36ClN5O2. The average molecular weight is 486 g/mol. The monoisotopic (exact) mass is 485 g/mol. The second-order valence-corrected chi connectivity index (χ2v) is 9.99. The molecule has 1 aromatic heterocycles. The fourth-order valence-corrected chi connectivity index (χ4v) is 5.15. The molecule has 2 aliphatic heterocycles. The van der Waals surface area contributed by atoms with Crippen LogP contribution in [0.5, 0.6) is 5.75 Å². The molecule has 2 aromatic rings. The van der Waals surface area contributed by atoms with E-state index < -0.39 is 0 Å². The first-order chi connectivity index (χ1) is 16.5. The molecule has 0 unspecified atom stereocenters. The van der Waals surface area contributed by atoms with Gasteiger partial charge in [-0.05, 0) is 88.1 Å². The summed E-state index contributed by atoms with van der Waals surface area (Å²) in [6.07, 6.45) is 10.1. The Morgan fingerprint density at radius 3 is 2.53 bits per heavy atom. The lowest BCUT2D eigenvalue weighted by Gasteiger charge is -2.32. The third kappa shape index (κ3) is 6.60. The van der Waals surface area contributed by atoms with E-state index in [-0.39, 0.29) is 5.91 Å². The maximum absolute atomic E-state index is 12.7. The van der Waals surface area contributed by atoms with E-state index in [9.17, 15) is 4.79 Å². The topological polar surface area (TPSA) is 79.4 Å². The number of aryl methyl sites for hydroxylation is 2. The molecule has 1 amide bonds. The van der Waals surface area contributed by atoms with Crippen molar-refractivity contribution >= 4 is 23.5 Å². The first kappa shape index (κ1) is 24.7. The highest BCUT2D eigenvalue weighted by atomic mass is 35.5. The van der Waals surface area contributed by atoms with Crippen molar-refractivity contribution in [3.63, 3.8) is 0 Å². The Morgan fingerprint density at radius 2 is 1.88 bits per heavy atom. The molecule has 4 rings (SSSR count). The van der Waals surface area contributed by atoms with Crippen LogP contribution in [0.25, 0.3) is 0 Å². The molecule has 0 saturated carbocycles. The van der Waals surface area contributed by atoms with Crippen LogP contribution in [0.3, 0.4) is 0 Å². The number of ether oxygens (including phenoxy) is 1. The Bertz CT molecular complexity index is 931. The molecule has 1 aromatic carbocycles. The highest BCUT2D eigenvalue weighted by Crippen LogP contribution is 2.26. The number of carbonyl (C=O) groups is 1. The molecule has 2 fully saturated rings. The van der Waals surface area contributed by atoms with Gasteiger partial charge in [0, 0.05) is 31.2 Å². The fourth-order valence-electron chi connectivity index (χ4n) is 5.05. The number of nitrogens with one attached hydrogen (secondary N) is 2. The van der Waals surface area contributed by atoms with Crippen LogP contribution in [0.1, 0.15) is 60.0 Å². The number of piperidine rings is 1. The first-order valence-corrected chi connectivity index (χ1v) is 12.9. The second kappa shape index (κ2) is 11.8. The van der Waals surface area contributed by atoms with Gasteiger partial charge in [0.1, 0.15) is 5.75 Å². The molecule has 2 saturated heterocycles. The van der Waals surface area contributed by atoms with Crippen molar-refractivity contribution < 1.29 is 9.53 Å². The highest BCUT2D eigenvalue weighted by molar-refractivity contribution is 6.30. The summed E-state index contributed by atoms with van der Waals surface area (Å²) < 4.78 is 6.05. The summed E-state index contributed by atoms with van der Waals surface area (Å²) in [5.41, 5.74) is 2.69. The summed E-state index contributed by atoms with van der Waals surface area (Å²) in [5, 5.41) is 7.07. The van der Waals surface area contributed by atoms with E-state index >= 15 is 0 Å². The van der Waals surface area contributed by atoms with E-state index in [1.165, 1.54) is 6.42 Å². The lowest BCUT2D eigenvalue weighted by Crippen LogP contribution is -2.37. The Morgan fingerprint density at radius 1 is 1.18 bits per heavy atom. The SMILES string of the molecule is Cc1cc(OCCCC2CCN(c3ncc(Cl)cn3)CC2)cc(C)c1C(=O)NC[C@H]1CCCN1. The van der Waals surface area contributed by atoms with Crippen molar-refractivity contribution in [1.29, 1.82) is 0 Å². The Kier molecular flexibility index (Phi) is 8.62. The van der Waals surface area contributed by atoms with Crippen LogP contribution in [0.15, 0.2) is 24.5 Å². The van der Waals surface area contributed by atoms with Gasteiger partial charge in [-0.25, -0.2) is 9.97 Å². The van der Waals surface area contributed by atoms with Gasteiger partial charge in [-0.15, -0.1) is 0 Å². The van der Waals surface area contributed by atoms with Crippen molar-refractivity contribution in [3.8, 4) is 5.75 Å². The largest absolute Gasteiger partial charge is 0.494 e. The maximum atomic E-state index is 12.7. The molecule has 184 valence electrons. The number of benzene rings is 1. The van der Waals surface area contributed by atoms with E-state index in [2.05, 4.69) is 25.5 Å². The predicted molar refractivity (Wildman–Crippen MR) is 136 cm³/mol. The molecule has 1 atom stereocenters. The summed E-state index contributed by atoms with van der Waals surface area (Å²) in [7, 11) is 0. The number of halogens is 1. The molecule has 0 bridgehead atoms. The van der Waals surface area contributed by atoms with Crippen molar-refractivity contribution in [1.82, 2.24) is 20.6 Å². The molecule has 3 heterocycles. The van der Waals surface area contributed by atoms with Crippen LogP contribution in [0, 0.1) is 19.8 Å². The van der Waals surface area contributed by atoms with Crippen LogP contribution < -0.4 is 20.3 Å². The summed E-state index contributed by atoms with van der Waals surface area (Å²) in [4.78, 5) is 23.6.